The Kier molecular flexibility index (Phi) is 3.46. The van der Waals surface area contributed by atoms with Crippen LogP contribution in [0, 0.1) is 28.6 Å². The van der Waals surface area contributed by atoms with Gasteiger partial charge in [0.1, 0.15) is 0 Å². The molecule has 1 heterocycles. The maximum Gasteiger partial charge on any atom is 0.246 e. The molecule has 0 radical (unpaired) electrons. The molecule has 0 aromatic carbocycles. The van der Waals surface area contributed by atoms with E-state index in [4.69, 9.17) is 0 Å². The zero-order chi connectivity index (χ0) is 16.4. The summed E-state index contributed by atoms with van der Waals surface area (Å²) in [5.41, 5.74) is 1.75. The van der Waals surface area contributed by atoms with E-state index in [0.717, 1.165) is 38.1 Å². The number of hydrogen-bond acceptors (Lipinski definition) is 2. The van der Waals surface area contributed by atoms with Crippen LogP contribution in [0.5, 0.6) is 0 Å². The summed E-state index contributed by atoms with van der Waals surface area (Å²) in [7, 11) is 1.93. The van der Waals surface area contributed by atoms with Gasteiger partial charge in [-0.15, -0.1) is 0 Å². The van der Waals surface area contributed by atoms with Gasteiger partial charge in [0.25, 0.3) is 0 Å². The van der Waals surface area contributed by atoms with E-state index >= 15 is 0 Å². The molecule has 0 aromatic rings. The van der Waals surface area contributed by atoms with Crippen LogP contribution < -0.4 is 0 Å². The zero-order valence-corrected chi connectivity index (χ0v) is 14.8. The van der Waals surface area contributed by atoms with Crippen molar-refractivity contribution in [1.82, 2.24) is 4.90 Å². The first-order valence-corrected chi connectivity index (χ1v) is 9.50. The fourth-order valence-electron chi connectivity index (χ4n) is 6.65. The Balaban J connectivity index is 1.68. The molecule has 0 saturated heterocycles. The Morgan fingerprint density at radius 2 is 1.91 bits per heavy atom. The molecule has 1 unspecified atom stereocenters. The second-order valence-corrected chi connectivity index (χ2v) is 9.15. The van der Waals surface area contributed by atoms with Gasteiger partial charge in [-0.2, -0.15) is 0 Å². The third-order valence-corrected chi connectivity index (χ3v) is 8.33. The van der Waals surface area contributed by atoms with Gasteiger partial charge in [0, 0.05) is 19.7 Å². The summed E-state index contributed by atoms with van der Waals surface area (Å²) >= 11 is 0. The van der Waals surface area contributed by atoms with Gasteiger partial charge in [0.15, 0.2) is 0 Å². The normalized spacial score (nSPS) is 49.8. The predicted molar refractivity (Wildman–Crippen MR) is 90.7 cm³/mol. The van der Waals surface area contributed by atoms with Gasteiger partial charge in [-0.3, -0.25) is 4.79 Å². The average molecular weight is 317 g/mol. The van der Waals surface area contributed by atoms with Crippen molar-refractivity contribution in [2.24, 2.45) is 28.6 Å². The number of allylic oxidation sites excluding steroid dienone is 1. The van der Waals surface area contributed by atoms with Crippen molar-refractivity contribution in [2.45, 2.75) is 64.9 Å². The summed E-state index contributed by atoms with van der Waals surface area (Å²) in [6, 6.07) is 0. The van der Waals surface area contributed by atoms with Crippen molar-refractivity contribution in [3.8, 4) is 0 Å². The largest absolute Gasteiger partial charge is 0.393 e. The molecule has 6 atom stereocenters. The highest BCUT2D eigenvalue weighted by Crippen LogP contribution is 2.64. The molecular weight excluding hydrogens is 286 g/mol. The fourth-order valence-corrected chi connectivity index (χ4v) is 6.65. The molecular formula is C20H31NO2. The molecule has 0 spiro atoms. The zero-order valence-electron chi connectivity index (χ0n) is 14.8. The smallest absolute Gasteiger partial charge is 0.246 e. The van der Waals surface area contributed by atoms with Crippen LogP contribution in [0.15, 0.2) is 11.6 Å². The minimum atomic E-state index is -0.0972. The number of likely N-dealkylation sites (N-methyl/N-ethyl adjacent to an activating group) is 1. The van der Waals surface area contributed by atoms with Crippen LogP contribution in [0.4, 0.5) is 0 Å². The number of rotatable bonds is 0. The highest BCUT2D eigenvalue weighted by Gasteiger charge is 2.58. The molecule has 3 fully saturated rings. The Labute approximate surface area is 140 Å². The molecule has 4 rings (SSSR count). The Morgan fingerprint density at radius 1 is 1.13 bits per heavy atom. The second kappa shape index (κ2) is 5.08. The summed E-state index contributed by atoms with van der Waals surface area (Å²) in [6.07, 6.45) is 9.84. The number of carbonyl (C=O) groups excluding carboxylic acids is 1. The standard InChI is InChI=1S/C20H31NO2/c1-19-10-11-21(3)18(23)12-13(19)4-5-14-15-6-7-17(22)20(15,2)9-8-16(14)19/h12,14-17,22H,4-11H2,1-3H3/t14-,15-,16-,17?,19-,20-/m0/s1. The molecule has 4 aliphatic rings. The lowest BCUT2D eigenvalue weighted by Crippen LogP contribution is -2.50. The van der Waals surface area contributed by atoms with Gasteiger partial charge in [-0.25, -0.2) is 0 Å². The van der Waals surface area contributed by atoms with E-state index in [2.05, 4.69) is 13.8 Å². The molecule has 3 aliphatic carbocycles. The molecule has 1 aliphatic heterocycles. The summed E-state index contributed by atoms with van der Waals surface area (Å²) in [5.74, 6) is 2.32. The summed E-state index contributed by atoms with van der Waals surface area (Å²) < 4.78 is 0. The number of amides is 1. The maximum atomic E-state index is 12.3. The lowest BCUT2D eigenvalue weighted by Gasteiger charge is -2.56. The molecule has 128 valence electrons. The van der Waals surface area contributed by atoms with Gasteiger partial charge >= 0.3 is 0 Å². The molecule has 0 aromatic heterocycles. The van der Waals surface area contributed by atoms with Crippen LogP contribution in [-0.2, 0) is 4.79 Å². The number of hydrogen-bond donors (Lipinski definition) is 1. The minimum Gasteiger partial charge on any atom is -0.393 e. The van der Waals surface area contributed by atoms with Crippen LogP contribution in [0.25, 0.3) is 0 Å². The number of nitrogens with zero attached hydrogens (tertiary/aromatic N) is 1. The highest BCUT2D eigenvalue weighted by atomic mass is 16.3. The maximum absolute atomic E-state index is 12.3. The third-order valence-electron chi connectivity index (χ3n) is 8.33. The number of aliphatic hydroxyl groups is 1. The van der Waals surface area contributed by atoms with E-state index in [9.17, 15) is 9.90 Å². The Morgan fingerprint density at radius 3 is 2.70 bits per heavy atom. The number of aliphatic hydroxyl groups excluding tert-OH is 1. The Bertz CT molecular complexity index is 556. The molecule has 0 bridgehead atoms. The molecule has 3 saturated carbocycles. The Hall–Kier alpha value is -0.830. The van der Waals surface area contributed by atoms with Crippen LogP contribution in [-0.4, -0.2) is 35.6 Å². The topological polar surface area (TPSA) is 40.5 Å². The van der Waals surface area contributed by atoms with E-state index in [1.165, 1.54) is 24.8 Å². The van der Waals surface area contributed by atoms with Crippen molar-refractivity contribution < 1.29 is 9.90 Å². The van der Waals surface area contributed by atoms with E-state index in [0.29, 0.717) is 11.8 Å². The lowest BCUT2D eigenvalue weighted by atomic mass is 9.48. The van der Waals surface area contributed by atoms with E-state index < -0.39 is 0 Å². The van der Waals surface area contributed by atoms with Gasteiger partial charge in [-0.05, 0) is 73.5 Å². The average Bonchev–Trinajstić information content (AvgIpc) is 2.77. The molecule has 3 heteroatoms. The molecule has 23 heavy (non-hydrogen) atoms. The summed E-state index contributed by atoms with van der Waals surface area (Å²) in [5, 5.41) is 10.5. The molecule has 1 N–H and O–H groups in total. The summed E-state index contributed by atoms with van der Waals surface area (Å²) in [4.78, 5) is 14.2. The van der Waals surface area contributed by atoms with Crippen molar-refractivity contribution in [3.05, 3.63) is 11.6 Å². The first-order chi connectivity index (χ1) is 10.9. The van der Waals surface area contributed by atoms with Crippen LogP contribution in [0.1, 0.15) is 58.8 Å². The van der Waals surface area contributed by atoms with Crippen molar-refractivity contribution in [1.29, 1.82) is 0 Å². The van der Waals surface area contributed by atoms with Gasteiger partial charge in [0.2, 0.25) is 5.91 Å². The van der Waals surface area contributed by atoms with Gasteiger partial charge in [-0.1, -0.05) is 19.4 Å². The summed E-state index contributed by atoms with van der Waals surface area (Å²) in [6.45, 7) is 5.64. The highest BCUT2D eigenvalue weighted by molar-refractivity contribution is 5.88. The monoisotopic (exact) mass is 317 g/mol. The minimum absolute atomic E-state index is 0.0972. The molecule has 3 nitrogen and oxygen atoms in total. The van der Waals surface area contributed by atoms with Gasteiger partial charge in [0.05, 0.1) is 6.10 Å². The first-order valence-electron chi connectivity index (χ1n) is 9.50. The lowest BCUT2D eigenvalue weighted by molar-refractivity contribution is -0.124. The van der Waals surface area contributed by atoms with Crippen LogP contribution in [0.3, 0.4) is 0 Å². The van der Waals surface area contributed by atoms with Crippen molar-refractivity contribution >= 4 is 5.91 Å². The fraction of sp³-hybridized carbons (Fsp3) is 0.850. The second-order valence-electron chi connectivity index (χ2n) is 9.15. The van der Waals surface area contributed by atoms with Crippen LogP contribution in [0.2, 0.25) is 0 Å². The van der Waals surface area contributed by atoms with Gasteiger partial charge < -0.3 is 10.0 Å². The number of carbonyl (C=O) groups is 1. The number of fused-ring (bicyclic) bond motifs is 5. The predicted octanol–water partition coefficient (Wildman–Crippen LogP) is 3.38. The van der Waals surface area contributed by atoms with E-state index in [1.54, 1.807) is 0 Å². The van der Waals surface area contributed by atoms with Crippen molar-refractivity contribution in [3.63, 3.8) is 0 Å². The first kappa shape index (κ1) is 15.7. The van der Waals surface area contributed by atoms with E-state index in [1.807, 2.05) is 18.0 Å². The van der Waals surface area contributed by atoms with Crippen molar-refractivity contribution in [2.75, 3.05) is 13.6 Å². The quantitative estimate of drug-likeness (QED) is 0.744. The SMILES string of the molecule is CN1CC[C@@]2(C)C(=CC1=O)CC[C@@H]1[C@@H]2CC[C@]2(C)C(O)CC[C@@H]12. The third kappa shape index (κ3) is 2.08. The van der Waals surface area contributed by atoms with E-state index in [-0.39, 0.29) is 22.8 Å². The molecule has 1 amide bonds. The van der Waals surface area contributed by atoms with Crippen LogP contribution >= 0.6 is 0 Å².